The smallest absolute Gasteiger partial charge is 0.328 e. The average Bonchev–Trinajstić information content (AvgIpc) is 2.97. The number of amides is 1. The number of aromatic nitrogens is 2. The first kappa shape index (κ1) is 22.4. The van der Waals surface area contributed by atoms with Gasteiger partial charge in [-0.3, -0.25) is 19.6 Å². The molecule has 10 heteroatoms. The molecular weight excluding hydrogens is 396 g/mol. The summed E-state index contributed by atoms with van der Waals surface area (Å²) in [6, 6.07) is 6.11. The Bertz CT molecular complexity index is 895. The first-order valence-corrected chi connectivity index (χ1v) is 10.3. The SMILES string of the molecule is COC(=O)[C@@H](CCSC)NC(=O)c1ccc(Cn2nc(C)c([N+](=O)[O-])c2C)cc1. The molecule has 156 valence electrons. The van der Waals surface area contributed by atoms with E-state index in [0.29, 0.717) is 35.7 Å². The summed E-state index contributed by atoms with van der Waals surface area (Å²) < 4.78 is 6.32. The van der Waals surface area contributed by atoms with Crippen LogP contribution in [0.3, 0.4) is 0 Å². The summed E-state index contributed by atoms with van der Waals surface area (Å²) in [6.45, 7) is 3.60. The highest BCUT2D eigenvalue weighted by molar-refractivity contribution is 7.98. The average molecular weight is 420 g/mol. The molecule has 1 heterocycles. The van der Waals surface area contributed by atoms with Gasteiger partial charge in [0.15, 0.2) is 0 Å². The first-order chi connectivity index (χ1) is 13.8. The third-order valence-corrected chi connectivity index (χ3v) is 5.12. The minimum absolute atomic E-state index is 0.0140. The Labute approximate surface area is 173 Å². The molecule has 0 unspecified atom stereocenters. The number of nitrogens with zero attached hydrogens (tertiary/aromatic N) is 3. The highest BCUT2D eigenvalue weighted by atomic mass is 32.2. The van der Waals surface area contributed by atoms with E-state index in [1.165, 1.54) is 7.11 Å². The largest absolute Gasteiger partial charge is 0.467 e. The van der Waals surface area contributed by atoms with Gasteiger partial charge in [-0.1, -0.05) is 12.1 Å². The van der Waals surface area contributed by atoms with E-state index in [1.54, 1.807) is 54.6 Å². The van der Waals surface area contributed by atoms with Crippen LogP contribution in [0.4, 0.5) is 5.69 Å². The van der Waals surface area contributed by atoms with Gasteiger partial charge in [0.1, 0.15) is 17.4 Å². The molecule has 2 aromatic rings. The van der Waals surface area contributed by atoms with Crippen LogP contribution in [0.25, 0.3) is 0 Å². The number of ether oxygens (including phenoxy) is 1. The van der Waals surface area contributed by atoms with Crippen molar-refractivity contribution >= 4 is 29.3 Å². The van der Waals surface area contributed by atoms with Crippen molar-refractivity contribution < 1.29 is 19.2 Å². The van der Waals surface area contributed by atoms with E-state index in [4.69, 9.17) is 4.74 Å². The van der Waals surface area contributed by atoms with Crippen LogP contribution in [-0.4, -0.2) is 51.7 Å². The summed E-state index contributed by atoms with van der Waals surface area (Å²) in [4.78, 5) is 35.0. The number of esters is 1. The molecule has 2 rings (SSSR count). The molecule has 0 spiro atoms. The quantitative estimate of drug-likeness (QED) is 0.376. The first-order valence-electron chi connectivity index (χ1n) is 8.93. The number of hydrogen-bond donors (Lipinski definition) is 1. The van der Waals surface area contributed by atoms with Gasteiger partial charge in [-0.15, -0.1) is 0 Å². The number of thioether (sulfide) groups is 1. The van der Waals surface area contributed by atoms with Crippen LogP contribution in [0, 0.1) is 24.0 Å². The van der Waals surface area contributed by atoms with Gasteiger partial charge in [0.25, 0.3) is 5.91 Å². The Hall–Kier alpha value is -2.88. The second-order valence-electron chi connectivity index (χ2n) is 6.46. The zero-order valence-corrected chi connectivity index (χ0v) is 17.6. The van der Waals surface area contributed by atoms with E-state index < -0.39 is 16.9 Å². The second kappa shape index (κ2) is 10.1. The second-order valence-corrected chi connectivity index (χ2v) is 7.45. The number of carbonyl (C=O) groups is 2. The Kier molecular flexibility index (Phi) is 7.77. The molecule has 0 aliphatic heterocycles. The van der Waals surface area contributed by atoms with Crippen LogP contribution in [0.2, 0.25) is 0 Å². The Morgan fingerprint density at radius 1 is 1.31 bits per heavy atom. The van der Waals surface area contributed by atoms with E-state index in [9.17, 15) is 19.7 Å². The number of benzene rings is 1. The number of hydrogen-bond acceptors (Lipinski definition) is 7. The third-order valence-electron chi connectivity index (χ3n) is 4.48. The monoisotopic (exact) mass is 420 g/mol. The topological polar surface area (TPSA) is 116 Å². The molecule has 1 aromatic heterocycles. The van der Waals surface area contributed by atoms with E-state index in [-0.39, 0.29) is 11.6 Å². The maximum Gasteiger partial charge on any atom is 0.328 e. The fourth-order valence-corrected chi connectivity index (χ4v) is 3.38. The Balaban J connectivity index is 2.09. The van der Waals surface area contributed by atoms with Gasteiger partial charge in [0.2, 0.25) is 0 Å². The van der Waals surface area contributed by atoms with Crippen molar-refractivity contribution in [1.29, 1.82) is 0 Å². The fraction of sp³-hybridized carbons (Fsp3) is 0.421. The molecule has 0 bridgehead atoms. The van der Waals surface area contributed by atoms with Crippen molar-refractivity contribution in [3.05, 3.63) is 56.9 Å². The number of aryl methyl sites for hydroxylation is 1. The molecule has 0 saturated heterocycles. The molecule has 29 heavy (non-hydrogen) atoms. The van der Waals surface area contributed by atoms with Gasteiger partial charge in [-0.25, -0.2) is 4.79 Å². The van der Waals surface area contributed by atoms with Gasteiger partial charge in [0, 0.05) is 5.56 Å². The summed E-state index contributed by atoms with van der Waals surface area (Å²) in [7, 11) is 1.29. The minimum atomic E-state index is -0.699. The van der Waals surface area contributed by atoms with Gasteiger partial charge in [0.05, 0.1) is 18.6 Å². The molecule has 1 N–H and O–H groups in total. The zero-order chi connectivity index (χ0) is 21.6. The van der Waals surface area contributed by atoms with Crippen LogP contribution in [0.5, 0.6) is 0 Å². The van der Waals surface area contributed by atoms with E-state index in [1.807, 2.05) is 6.26 Å². The van der Waals surface area contributed by atoms with Crippen molar-refractivity contribution in [2.24, 2.45) is 0 Å². The zero-order valence-electron chi connectivity index (χ0n) is 16.8. The van der Waals surface area contributed by atoms with E-state index in [2.05, 4.69) is 10.4 Å². The predicted molar refractivity (Wildman–Crippen MR) is 110 cm³/mol. The van der Waals surface area contributed by atoms with Gasteiger partial charge in [-0.05, 0) is 50.0 Å². The van der Waals surface area contributed by atoms with Crippen molar-refractivity contribution in [3.63, 3.8) is 0 Å². The number of rotatable bonds is 9. The highest BCUT2D eigenvalue weighted by Gasteiger charge is 2.23. The van der Waals surface area contributed by atoms with Crippen LogP contribution >= 0.6 is 11.8 Å². The summed E-state index contributed by atoms with van der Waals surface area (Å²) in [5.74, 6) is -0.127. The van der Waals surface area contributed by atoms with Crippen LogP contribution in [0.15, 0.2) is 24.3 Å². The van der Waals surface area contributed by atoms with Gasteiger partial charge >= 0.3 is 11.7 Å². The number of nitrogens with one attached hydrogen (secondary N) is 1. The summed E-state index contributed by atoms with van der Waals surface area (Å²) >= 11 is 1.58. The highest BCUT2D eigenvalue weighted by Crippen LogP contribution is 2.22. The standard InChI is InChI=1S/C19H24N4O5S/c1-12-17(23(26)27)13(2)22(21-12)11-14-5-7-15(8-6-14)18(24)20-16(9-10-29-4)19(25)28-3/h5-8,16H,9-11H2,1-4H3,(H,20,24)/t16-/m1/s1. The van der Waals surface area contributed by atoms with Crippen molar-refractivity contribution in [1.82, 2.24) is 15.1 Å². The van der Waals surface area contributed by atoms with E-state index in [0.717, 1.165) is 5.56 Å². The molecule has 0 aliphatic carbocycles. The van der Waals surface area contributed by atoms with Crippen molar-refractivity contribution in [3.8, 4) is 0 Å². The molecule has 0 fully saturated rings. The molecule has 1 atom stereocenters. The predicted octanol–water partition coefficient (Wildman–Crippen LogP) is 2.48. The molecule has 1 aromatic carbocycles. The number of carbonyl (C=O) groups excluding carboxylic acids is 2. The maximum absolute atomic E-state index is 12.5. The fourth-order valence-electron chi connectivity index (χ4n) is 2.91. The normalized spacial score (nSPS) is 11.7. The van der Waals surface area contributed by atoms with Gasteiger partial charge < -0.3 is 10.1 Å². The molecule has 0 radical (unpaired) electrons. The number of nitro groups is 1. The minimum Gasteiger partial charge on any atom is -0.467 e. The van der Waals surface area contributed by atoms with Crippen LogP contribution in [-0.2, 0) is 16.1 Å². The van der Waals surface area contributed by atoms with Crippen molar-refractivity contribution in [2.45, 2.75) is 32.9 Å². The lowest BCUT2D eigenvalue weighted by atomic mass is 10.1. The Morgan fingerprint density at radius 3 is 2.48 bits per heavy atom. The van der Waals surface area contributed by atoms with Crippen LogP contribution in [0.1, 0.15) is 33.7 Å². The summed E-state index contributed by atoms with van der Waals surface area (Å²) in [5.41, 5.74) is 2.10. The summed E-state index contributed by atoms with van der Waals surface area (Å²) in [6.07, 6.45) is 2.40. The van der Waals surface area contributed by atoms with Crippen molar-refractivity contribution in [2.75, 3.05) is 19.1 Å². The lowest BCUT2D eigenvalue weighted by Gasteiger charge is -2.16. The number of methoxy groups -OCH3 is 1. The molecule has 1 amide bonds. The van der Waals surface area contributed by atoms with Crippen LogP contribution < -0.4 is 5.32 Å². The third kappa shape index (κ3) is 5.57. The van der Waals surface area contributed by atoms with Gasteiger partial charge in [-0.2, -0.15) is 16.9 Å². The molecule has 0 saturated carbocycles. The lowest BCUT2D eigenvalue weighted by Crippen LogP contribution is -2.41. The molecule has 0 aliphatic rings. The lowest BCUT2D eigenvalue weighted by molar-refractivity contribution is -0.386. The Morgan fingerprint density at radius 2 is 1.97 bits per heavy atom. The summed E-state index contributed by atoms with van der Waals surface area (Å²) in [5, 5.41) is 18.0. The van der Waals surface area contributed by atoms with E-state index >= 15 is 0 Å². The maximum atomic E-state index is 12.5. The molecule has 9 nitrogen and oxygen atoms in total. The molecular formula is C19H24N4O5S.